The van der Waals surface area contributed by atoms with E-state index in [-0.39, 0.29) is 5.41 Å². The molecule has 0 aliphatic rings. The van der Waals surface area contributed by atoms with E-state index in [9.17, 15) is 0 Å². The fraction of sp³-hybridized carbons (Fsp3) is 0.500. The number of nitrogens with one attached hydrogen (secondary N) is 1. The minimum Gasteiger partial charge on any atom is -0.496 e. The Morgan fingerprint density at radius 1 is 1.44 bits per heavy atom. The molecule has 0 amide bonds. The Bertz CT molecular complexity index is 355. The summed E-state index contributed by atoms with van der Waals surface area (Å²) in [7, 11) is 1.70. The largest absolute Gasteiger partial charge is 0.496 e. The quantitative estimate of drug-likeness (QED) is 0.644. The summed E-state index contributed by atoms with van der Waals surface area (Å²) in [4.78, 5) is 0. The van der Waals surface area contributed by atoms with Gasteiger partial charge in [-0.2, -0.15) is 12.6 Å². The van der Waals surface area contributed by atoms with Gasteiger partial charge in [0.2, 0.25) is 0 Å². The summed E-state index contributed by atoms with van der Waals surface area (Å²) < 4.78 is 6.47. The monoisotopic (exact) mass is 303 g/mol. The van der Waals surface area contributed by atoms with Crippen molar-refractivity contribution in [2.24, 2.45) is 0 Å². The molecular weight excluding hydrogens is 286 g/mol. The van der Waals surface area contributed by atoms with Crippen molar-refractivity contribution in [3.63, 3.8) is 0 Å². The topological polar surface area (TPSA) is 21.3 Å². The highest BCUT2D eigenvalue weighted by Gasteiger charge is 2.24. The lowest BCUT2D eigenvalue weighted by Gasteiger charge is -2.27. The molecule has 0 saturated carbocycles. The SMILES string of the molecule is COc1ccc(Br)cc1C(C)(C)CNCS. The molecule has 0 aliphatic carbocycles. The van der Waals surface area contributed by atoms with E-state index in [1.807, 2.05) is 12.1 Å². The molecule has 0 saturated heterocycles. The predicted molar refractivity (Wildman–Crippen MR) is 75.6 cm³/mol. The number of benzene rings is 1. The fourth-order valence-electron chi connectivity index (χ4n) is 1.67. The van der Waals surface area contributed by atoms with Gasteiger partial charge < -0.3 is 10.1 Å². The van der Waals surface area contributed by atoms with Crippen LogP contribution >= 0.6 is 28.6 Å². The molecule has 2 nitrogen and oxygen atoms in total. The highest BCUT2D eigenvalue weighted by Crippen LogP contribution is 2.33. The summed E-state index contributed by atoms with van der Waals surface area (Å²) in [6, 6.07) is 6.09. The summed E-state index contributed by atoms with van der Waals surface area (Å²) in [5.74, 6) is 1.61. The molecule has 0 fully saturated rings. The highest BCUT2D eigenvalue weighted by atomic mass is 79.9. The number of hydrogen-bond donors (Lipinski definition) is 2. The van der Waals surface area contributed by atoms with Gasteiger partial charge in [0.25, 0.3) is 0 Å². The molecule has 16 heavy (non-hydrogen) atoms. The first-order valence-corrected chi connectivity index (χ1v) is 6.59. The summed E-state index contributed by atoms with van der Waals surface area (Å²) in [6.07, 6.45) is 0. The van der Waals surface area contributed by atoms with Gasteiger partial charge in [-0.3, -0.25) is 0 Å². The van der Waals surface area contributed by atoms with Crippen LogP contribution in [0.5, 0.6) is 5.75 Å². The van der Waals surface area contributed by atoms with E-state index in [4.69, 9.17) is 4.74 Å². The van der Waals surface area contributed by atoms with Crippen molar-refractivity contribution >= 4 is 28.6 Å². The Hall–Kier alpha value is -0.190. The molecule has 0 radical (unpaired) electrons. The molecule has 0 unspecified atom stereocenters. The van der Waals surface area contributed by atoms with Crippen molar-refractivity contribution in [3.8, 4) is 5.75 Å². The maximum Gasteiger partial charge on any atom is 0.122 e. The van der Waals surface area contributed by atoms with Crippen LogP contribution in [0.2, 0.25) is 0 Å². The molecular formula is C12H18BrNOS. The molecule has 0 bridgehead atoms. The average molecular weight is 304 g/mol. The number of rotatable bonds is 5. The van der Waals surface area contributed by atoms with Crippen LogP contribution in [-0.2, 0) is 5.41 Å². The Morgan fingerprint density at radius 2 is 2.12 bits per heavy atom. The predicted octanol–water partition coefficient (Wildman–Crippen LogP) is 3.21. The van der Waals surface area contributed by atoms with Crippen LogP contribution in [0, 0.1) is 0 Å². The van der Waals surface area contributed by atoms with E-state index in [2.05, 4.69) is 53.8 Å². The van der Waals surface area contributed by atoms with Crippen molar-refractivity contribution < 1.29 is 4.74 Å². The summed E-state index contributed by atoms with van der Waals surface area (Å²) >= 11 is 7.66. The van der Waals surface area contributed by atoms with Crippen LogP contribution in [0.1, 0.15) is 19.4 Å². The number of methoxy groups -OCH3 is 1. The Labute approximate surface area is 111 Å². The third-order valence-electron chi connectivity index (χ3n) is 2.57. The van der Waals surface area contributed by atoms with Gasteiger partial charge in [0, 0.05) is 27.9 Å². The van der Waals surface area contributed by atoms with Crippen molar-refractivity contribution in [2.45, 2.75) is 19.3 Å². The normalized spacial score (nSPS) is 11.6. The van der Waals surface area contributed by atoms with Gasteiger partial charge in [-0.15, -0.1) is 0 Å². The highest BCUT2D eigenvalue weighted by molar-refractivity contribution is 9.10. The second-order valence-corrected chi connectivity index (χ2v) is 5.55. The van der Waals surface area contributed by atoms with Crippen LogP contribution in [-0.4, -0.2) is 19.5 Å². The zero-order valence-electron chi connectivity index (χ0n) is 9.88. The van der Waals surface area contributed by atoms with Crippen LogP contribution in [0.4, 0.5) is 0 Å². The number of halogens is 1. The van der Waals surface area contributed by atoms with Crippen molar-refractivity contribution in [3.05, 3.63) is 28.2 Å². The Balaban J connectivity index is 3.04. The number of hydrogen-bond acceptors (Lipinski definition) is 3. The van der Waals surface area contributed by atoms with Crippen molar-refractivity contribution in [1.82, 2.24) is 5.32 Å². The van der Waals surface area contributed by atoms with E-state index in [0.717, 1.165) is 16.8 Å². The number of thiol groups is 1. The molecule has 0 atom stereocenters. The van der Waals surface area contributed by atoms with Crippen molar-refractivity contribution in [2.75, 3.05) is 19.5 Å². The maximum absolute atomic E-state index is 5.40. The summed E-state index contributed by atoms with van der Waals surface area (Å²) in [5, 5.41) is 3.25. The zero-order chi connectivity index (χ0) is 12.2. The molecule has 0 aromatic heterocycles. The van der Waals surface area contributed by atoms with Crippen LogP contribution < -0.4 is 10.1 Å². The zero-order valence-corrected chi connectivity index (χ0v) is 12.4. The van der Waals surface area contributed by atoms with Gasteiger partial charge in [-0.1, -0.05) is 29.8 Å². The van der Waals surface area contributed by atoms with Crippen LogP contribution in [0.25, 0.3) is 0 Å². The molecule has 0 heterocycles. The van der Waals surface area contributed by atoms with Gasteiger partial charge in [0.1, 0.15) is 5.75 Å². The maximum atomic E-state index is 5.40. The van der Waals surface area contributed by atoms with Gasteiger partial charge in [0.05, 0.1) is 7.11 Å². The van der Waals surface area contributed by atoms with Crippen LogP contribution in [0.3, 0.4) is 0 Å². The molecule has 90 valence electrons. The first kappa shape index (κ1) is 13.9. The summed E-state index contributed by atoms with van der Waals surface area (Å²) in [6.45, 7) is 5.24. The minimum absolute atomic E-state index is 0.0118. The second-order valence-electron chi connectivity index (χ2n) is 4.31. The van der Waals surface area contributed by atoms with E-state index in [1.54, 1.807) is 7.11 Å². The van der Waals surface area contributed by atoms with Crippen molar-refractivity contribution in [1.29, 1.82) is 0 Å². The Kier molecular flexibility index (Phi) is 5.15. The molecule has 4 heteroatoms. The first-order valence-electron chi connectivity index (χ1n) is 5.17. The summed E-state index contributed by atoms with van der Waals surface area (Å²) in [5.41, 5.74) is 1.20. The molecule has 1 aromatic carbocycles. The van der Waals surface area contributed by atoms with E-state index < -0.39 is 0 Å². The van der Waals surface area contributed by atoms with Gasteiger partial charge in [0.15, 0.2) is 0 Å². The standard InChI is InChI=1S/C12H18BrNOS/c1-12(2,7-14-8-16)10-6-9(13)4-5-11(10)15-3/h4-6,14,16H,7-8H2,1-3H3. The first-order chi connectivity index (χ1) is 7.51. The minimum atomic E-state index is 0.0118. The van der Waals surface area contributed by atoms with E-state index >= 15 is 0 Å². The molecule has 1 aromatic rings. The van der Waals surface area contributed by atoms with E-state index in [0.29, 0.717) is 5.88 Å². The lowest BCUT2D eigenvalue weighted by molar-refractivity contribution is 0.388. The lowest BCUT2D eigenvalue weighted by atomic mass is 9.84. The van der Waals surface area contributed by atoms with Gasteiger partial charge >= 0.3 is 0 Å². The van der Waals surface area contributed by atoms with Gasteiger partial charge in [-0.25, -0.2) is 0 Å². The third-order valence-corrected chi connectivity index (χ3v) is 3.29. The lowest BCUT2D eigenvalue weighted by Crippen LogP contribution is -2.32. The molecule has 1 rings (SSSR count). The smallest absolute Gasteiger partial charge is 0.122 e. The van der Waals surface area contributed by atoms with E-state index in [1.165, 1.54) is 5.56 Å². The van der Waals surface area contributed by atoms with Gasteiger partial charge in [-0.05, 0) is 18.2 Å². The third kappa shape index (κ3) is 3.40. The molecule has 0 aliphatic heterocycles. The Morgan fingerprint density at radius 3 is 2.69 bits per heavy atom. The fourth-order valence-corrected chi connectivity index (χ4v) is 2.15. The van der Waals surface area contributed by atoms with Crippen LogP contribution in [0.15, 0.2) is 22.7 Å². The molecule has 1 N–H and O–H groups in total. The second kappa shape index (κ2) is 5.94. The average Bonchev–Trinajstić information content (AvgIpc) is 2.26. The molecule has 0 spiro atoms. The number of ether oxygens (including phenoxy) is 1.